The minimum Gasteiger partial charge on any atom is -0.459 e. The van der Waals surface area contributed by atoms with Gasteiger partial charge in [-0.15, -0.1) is 0 Å². The molecule has 0 unspecified atom stereocenters. The normalized spacial score (nSPS) is 20.3. The van der Waals surface area contributed by atoms with E-state index in [-0.39, 0.29) is 23.2 Å². The number of esters is 1. The van der Waals surface area contributed by atoms with Crippen LogP contribution in [0.4, 0.5) is 0 Å². The van der Waals surface area contributed by atoms with Crippen molar-refractivity contribution >= 4 is 16.7 Å². The van der Waals surface area contributed by atoms with Gasteiger partial charge in [0.1, 0.15) is 6.10 Å². The van der Waals surface area contributed by atoms with Crippen molar-refractivity contribution < 1.29 is 9.53 Å². The van der Waals surface area contributed by atoms with Crippen LogP contribution in [0.2, 0.25) is 0 Å². The summed E-state index contributed by atoms with van der Waals surface area (Å²) in [7, 11) is 0. The molecule has 1 aliphatic rings. The molecule has 122 valence electrons. The van der Waals surface area contributed by atoms with E-state index in [1.165, 1.54) is 0 Å². The van der Waals surface area contributed by atoms with Crippen molar-refractivity contribution in [1.82, 2.24) is 5.32 Å². The van der Waals surface area contributed by atoms with Crippen molar-refractivity contribution in [2.24, 2.45) is 0 Å². The maximum absolute atomic E-state index is 12.5. The van der Waals surface area contributed by atoms with E-state index < -0.39 is 0 Å². The molecule has 0 aliphatic carbocycles. The largest absolute Gasteiger partial charge is 0.459 e. The van der Waals surface area contributed by atoms with E-state index in [1.807, 2.05) is 42.5 Å². The van der Waals surface area contributed by atoms with Crippen LogP contribution in [0.15, 0.2) is 42.5 Å². The quantitative estimate of drug-likeness (QED) is 0.840. The summed E-state index contributed by atoms with van der Waals surface area (Å²) < 4.78 is 5.82. The molecule has 0 saturated carbocycles. The minimum absolute atomic E-state index is 0.0317. The van der Waals surface area contributed by atoms with Gasteiger partial charge in [0.25, 0.3) is 0 Å². The summed E-state index contributed by atoms with van der Waals surface area (Å²) >= 11 is 0. The van der Waals surface area contributed by atoms with Gasteiger partial charge >= 0.3 is 5.97 Å². The van der Waals surface area contributed by atoms with Crippen molar-refractivity contribution in [3.63, 3.8) is 0 Å². The van der Waals surface area contributed by atoms with Gasteiger partial charge in [0.05, 0.1) is 5.56 Å². The zero-order valence-electron chi connectivity index (χ0n) is 14.3. The lowest BCUT2D eigenvalue weighted by Crippen LogP contribution is -2.59. The molecule has 1 saturated heterocycles. The minimum atomic E-state index is -0.228. The third kappa shape index (κ3) is 3.73. The highest BCUT2D eigenvalue weighted by atomic mass is 16.5. The molecule has 0 atom stereocenters. The van der Waals surface area contributed by atoms with Crippen LogP contribution in [0.1, 0.15) is 50.9 Å². The Morgan fingerprint density at radius 2 is 1.61 bits per heavy atom. The lowest BCUT2D eigenvalue weighted by atomic mass is 9.81. The lowest BCUT2D eigenvalue weighted by molar-refractivity contribution is -0.00636. The fraction of sp³-hybridized carbons (Fsp3) is 0.450. The average molecular weight is 311 g/mol. The number of benzene rings is 2. The van der Waals surface area contributed by atoms with Crippen molar-refractivity contribution in [1.29, 1.82) is 0 Å². The Bertz CT molecular complexity index is 717. The van der Waals surface area contributed by atoms with E-state index in [1.54, 1.807) is 0 Å². The van der Waals surface area contributed by atoms with Gasteiger partial charge in [-0.05, 0) is 50.6 Å². The summed E-state index contributed by atoms with van der Waals surface area (Å²) in [5.41, 5.74) is 0.560. The fourth-order valence-electron chi connectivity index (χ4n) is 3.85. The van der Waals surface area contributed by atoms with Gasteiger partial charge < -0.3 is 10.1 Å². The lowest BCUT2D eigenvalue weighted by Gasteiger charge is -2.45. The van der Waals surface area contributed by atoms with Crippen LogP contribution in [0.5, 0.6) is 0 Å². The molecule has 0 aromatic heterocycles. The summed E-state index contributed by atoms with van der Waals surface area (Å²) in [5.74, 6) is -0.228. The second kappa shape index (κ2) is 5.64. The average Bonchev–Trinajstić information content (AvgIpc) is 2.43. The zero-order valence-corrected chi connectivity index (χ0v) is 14.3. The maximum atomic E-state index is 12.5. The van der Waals surface area contributed by atoms with Gasteiger partial charge in [0, 0.05) is 23.9 Å². The Morgan fingerprint density at radius 3 is 2.26 bits per heavy atom. The molecule has 1 N–H and O–H groups in total. The fourth-order valence-corrected chi connectivity index (χ4v) is 3.85. The van der Waals surface area contributed by atoms with Crippen LogP contribution >= 0.6 is 0 Å². The number of fused-ring (bicyclic) bond motifs is 1. The Morgan fingerprint density at radius 1 is 1.00 bits per heavy atom. The van der Waals surface area contributed by atoms with Gasteiger partial charge in [-0.1, -0.05) is 30.3 Å². The molecule has 0 amide bonds. The van der Waals surface area contributed by atoms with E-state index >= 15 is 0 Å². The summed E-state index contributed by atoms with van der Waals surface area (Å²) in [5, 5.41) is 5.80. The Hall–Kier alpha value is -1.87. The monoisotopic (exact) mass is 311 g/mol. The number of hydrogen-bond acceptors (Lipinski definition) is 3. The summed E-state index contributed by atoms with van der Waals surface area (Å²) in [4.78, 5) is 12.5. The summed E-state index contributed by atoms with van der Waals surface area (Å²) in [6.45, 7) is 8.63. The van der Waals surface area contributed by atoms with Gasteiger partial charge in [0.2, 0.25) is 0 Å². The predicted octanol–water partition coefficient (Wildman–Crippen LogP) is 4.31. The van der Waals surface area contributed by atoms with Gasteiger partial charge in [-0.3, -0.25) is 0 Å². The molecular weight excluding hydrogens is 286 g/mol. The van der Waals surface area contributed by atoms with Crippen molar-refractivity contribution in [2.45, 2.75) is 57.7 Å². The Kier molecular flexibility index (Phi) is 3.93. The van der Waals surface area contributed by atoms with Gasteiger partial charge in [0.15, 0.2) is 0 Å². The number of ether oxygens (including phenoxy) is 1. The van der Waals surface area contributed by atoms with E-state index in [4.69, 9.17) is 4.74 Å². The van der Waals surface area contributed by atoms with Crippen LogP contribution in [0.25, 0.3) is 10.8 Å². The van der Waals surface area contributed by atoms with E-state index in [0.717, 1.165) is 23.6 Å². The molecule has 1 aliphatic heterocycles. The highest BCUT2D eigenvalue weighted by Gasteiger charge is 2.39. The number of nitrogens with one attached hydrogen (secondary N) is 1. The SMILES string of the molecule is CC1(C)CC(OC(=O)c2ccc3ccccc3c2)CC(C)(C)N1. The number of carbonyl (C=O) groups excluding carboxylic acids is 1. The maximum Gasteiger partial charge on any atom is 0.338 e. The number of piperidine rings is 1. The molecule has 3 nitrogen and oxygen atoms in total. The molecular formula is C20H25NO2. The van der Waals surface area contributed by atoms with Crippen molar-refractivity contribution in [3.8, 4) is 0 Å². The molecule has 2 aromatic rings. The molecule has 23 heavy (non-hydrogen) atoms. The number of carbonyl (C=O) groups is 1. The Balaban J connectivity index is 1.77. The van der Waals surface area contributed by atoms with Crippen LogP contribution in [-0.4, -0.2) is 23.2 Å². The first kappa shape index (κ1) is 16.0. The van der Waals surface area contributed by atoms with Gasteiger partial charge in [-0.25, -0.2) is 4.79 Å². The number of hydrogen-bond donors (Lipinski definition) is 1. The molecule has 1 fully saturated rings. The smallest absolute Gasteiger partial charge is 0.338 e. The topological polar surface area (TPSA) is 38.3 Å². The number of rotatable bonds is 2. The molecule has 2 aromatic carbocycles. The van der Waals surface area contributed by atoms with Crippen molar-refractivity contribution in [2.75, 3.05) is 0 Å². The Labute approximate surface area is 138 Å². The molecule has 0 radical (unpaired) electrons. The molecule has 1 heterocycles. The third-order valence-corrected chi connectivity index (χ3v) is 4.41. The van der Waals surface area contributed by atoms with E-state index in [9.17, 15) is 4.79 Å². The molecule has 0 spiro atoms. The zero-order chi connectivity index (χ0) is 16.7. The van der Waals surface area contributed by atoms with Crippen molar-refractivity contribution in [3.05, 3.63) is 48.0 Å². The second-order valence-electron chi connectivity index (χ2n) is 7.89. The molecule has 0 bridgehead atoms. The third-order valence-electron chi connectivity index (χ3n) is 4.41. The van der Waals surface area contributed by atoms with Crippen LogP contribution < -0.4 is 5.32 Å². The first-order chi connectivity index (χ1) is 10.7. The standard InChI is InChI=1S/C20H25NO2/c1-19(2)12-17(13-20(3,4)21-19)23-18(22)16-10-9-14-7-5-6-8-15(14)11-16/h5-11,17,21H,12-13H2,1-4H3. The summed E-state index contributed by atoms with van der Waals surface area (Å²) in [6.07, 6.45) is 1.60. The highest BCUT2D eigenvalue weighted by Crippen LogP contribution is 2.31. The highest BCUT2D eigenvalue weighted by molar-refractivity contribution is 5.95. The predicted molar refractivity (Wildman–Crippen MR) is 93.7 cm³/mol. The van der Waals surface area contributed by atoms with Crippen LogP contribution in [-0.2, 0) is 4.74 Å². The van der Waals surface area contributed by atoms with E-state index in [0.29, 0.717) is 5.56 Å². The second-order valence-corrected chi connectivity index (χ2v) is 7.89. The first-order valence-corrected chi connectivity index (χ1v) is 8.23. The van der Waals surface area contributed by atoms with Gasteiger partial charge in [-0.2, -0.15) is 0 Å². The molecule has 3 heteroatoms. The first-order valence-electron chi connectivity index (χ1n) is 8.23. The van der Waals surface area contributed by atoms with E-state index in [2.05, 4.69) is 33.0 Å². The molecule has 3 rings (SSSR count). The van der Waals surface area contributed by atoms with Crippen LogP contribution in [0, 0.1) is 0 Å². The summed E-state index contributed by atoms with van der Waals surface area (Å²) in [6, 6.07) is 13.8. The van der Waals surface area contributed by atoms with Crippen LogP contribution in [0.3, 0.4) is 0 Å².